The van der Waals surface area contributed by atoms with Gasteiger partial charge in [0.25, 0.3) is 0 Å². The van der Waals surface area contributed by atoms with Crippen LogP contribution in [-0.2, 0) is 14.3 Å². The fraction of sp³-hybridized carbons (Fsp3) is 0.933. The Balaban J connectivity index is 4.06. The van der Waals surface area contributed by atoms with E-state index in [1.807, 2.05) is 6.92 Å². The molecule has 0 radical (unpaired) electrons. The summed E-state index contributed by atoms with van der Waals surface area (Å²) in [5, 5.41) is 0. The van der Waals surface area contributed by atoms with Crippen molar-refractivity contribution in [1.29, 1.82) is 0 Å². The number of hydrogen-bond donors (Lipinski definition) is 0. The van der Waals surface area contributed by atoms with E-state index in [2.05, 4.69) is 27.7 Å². The fourth-order valence-electron chi connectivity index (χ4n) is 1.71. The lowest BCUT2D eigenvalue weighted by Crippen LogP contribution is -2.34. The molecule has 0 bridgehead atoms. The SMILES string of the molecule is CCCCCCOC(=O)C(COCC)C(C)(C)C. The summed E-state index contributed by atoms with van der Waals surface area (Å²) < 4.78 is 10.7. The van der Waals surface area contributed by atoms with Crippen LogP contribution in [-0.4, -0.2) is 25.8 Å². The highest BCUT2D eigenvalue weighted by molar-refractivity contribution is 5.73. The Morgan fingerprint density at radius 2 is 1.78 bits per heavy atom. The van der Waals surface area contributed by atoms with Crippen LogP contribution in [0.5, 0.6) is 0 Å². The lowest BCUT2D eigenvalue weighted by molar-refractivity contribution is -0.155. The van der Waals surface area contributed by atoms with Gasteiger partial charge in [0.2, 0.25) is 0 Å². The van der Waals surface area contributed by atoms with Crippen LogP contribution in [0, 0.1) is 11.3 Å². The molecule has 0 aromatic carbocycles. The zero-order valence-electron chi connectivity index (χ0n) is 12.8. The normalized spacial score (nSPS) is 13.4. The van der Waals surface area contributed by atoms with Gasteiger partial charge in [-0.2, -0.15) is 0 Å². The van der Waals surface area contributed by atoms with Gasteiger partial charge in [-0.1, -0.05) is 47.0 Å². The minimum Gasteiger partial charge on any atom is -0.465 e. The van der Waals surface area contributed by atoms with Gasteiger partial charge in [0.1, 0.15) is 0 Å². The van der Waals surface area contributed by atoms with E-state index in [1.54, 1.807) is 0 Å². The molecule has 0 aliphatic heterocycles. The first-order valence-electron chi connectivity index (χ1n) is 7.17. The predicted octanol–water partition coefficient (Wildman–Crippen LogP) is 3.81. The molecule has 0 heterocycles. The van der Waals surface area contributed by atoms with Crippen LogP contribution in [0.25, 0.3) is 0 Å². The Kier molecular flexibility index (Phi) is 9.08. The van der Waals surface area contributed by atoms with E-state index in [9.17, 15) is 4.79 Å². The number of esters is 1. The van der Waals surface area contributed by atoms with Crippen molar-refractivity contribution in [3.63, 3.8) is 0 Å². The second-order valence-electron chi connectivity index (χ2n) is 5.81. The Labute approximate surface area is 112 Å². The highest BCUT2D eigenvalue weighted by Gasteiger charge is 2.32. The van der Waals surface area contributed by atoms with Gasteiger partial charge in [-0.3, -0.25) is 4.79 Å². The first-order chi connectivity index (χ1) is 8.43. The molecule has 0 fully saturated rings. The highest BCUT2D eigenvalue weighted by atomic mass is 16.5. The van der Waals surface area contributed by atoms with E-state index in [1.165, 1.54) is 12.8 Å². The van der Waals surface area contributed by atoms with E-state index < -0.39 is 0 Å². The van der Waals surface area contributed by atoms with Crippen LogP contribution in [0.4, 0.5) is 0 Å². The summed E-state index contributed by atoms with van der Waals surface area (Å²) in [5.74, 6) is -0.295. The van der Waals surface area contributed by atoms with Gasteiger partial charge < -0.3 is 9.47 Å². The summed E-state index contributed by atoms with van der Waals surface area (Å²) >= 11 is 0. The number of rotatable bonds is 9. The average Bonchev–Trinajstić information content (AvgIpc) is 2.27. The second-order valence-corrected chi connectivity index (χ2v) is 5.81. The van der Waals surface area contributed by atoms with Gasteiger partial charge in [-0.25, -0.2) is 0 Å². The Morgan fingerprint density at radius 1 is 1.11 bits per heavy atom. The number of hydrogen-bond acceptors (Lipinski definition) is 3. The molecule has 3 nitrogen and oxygen atoms in total. The molecule has 0 amide bonds. The average molecular weight is 258 g/mol. The van der Waals surface area contributed by atoms with E-state index in [4.69, 9.17) is 9.47 Å². The molecule has 0 aromatic rings. The van der Waals surface area contributed by atoms with Gasteiger partial charge in [0.05, 0.1) is 19.1 Å². The quantitative estimate of drug-likeness (QED) is 0.466. The molecule has 0 saturated heterocycles. The van der Waals surface area contributed by atoms with Crippen LogP contribution in [0.15, 0.2) is 0 Å². The van der Waals surface area contributed by atoms with Crippen LogP contribution in [0.3, 0.4) is 0 Å². The lowest BCUT2D eigenvalue weighted by atomic mass is 9.81. The maximum atomic E-state index is 12.0. The molecule has 3 heteroatoms. The number of carbonyl (C=O) groups excluding carboxylic acids is 1. The third-order valence-electron chi connectivity index (χ3n) is 3.06. The molecular weight excluding hydrogens is 228 g/mol. The molecule has 18 heavy (non-hydrogen) atoms. The summed E-state index contributed by atoms with van der Waals surface area (Å²) in [6.45, 7) is 11.9. The van der Waals surface area contributed by atoms with Crippen LogP contribution in [0.1, 0.15) is 60.3 Å². The third kappa shape index (κ3) is 7.70. The zero-order valence-corrected chi connectivity index (χ0v) is 12.8. The number of ether oxygens (including phenoxy) is 2. The Morgan fingerprint density at radius 3 is 2.28 bits per heavy atom. The monoisotopic (exact) mass is 258 g/mol. The summed E-state index contributed by atoms with van der Waals surface area (Å²) in [7, 11) is 0. The Bertz CT molecular complexity index is 218. The smallest absolute Gasteiger partial charge is 0.311 e. The van der Waals surface area contributed by atoms with Gasteiger partial charge in [-0.15, -0.1) is 0 Å². The lowest BCUT2D eigenvalue weighted by Gasteiger charge is -2.28. The largest absolute Gasteiger partial charge is 0.465 e. The van der Waals surface area contributed by atoms with E-state index in [0.29, 0.717) is 19.8 Å². The van der Waals surface area contributed by atoms with Crippen molar-refractivity contribution in [3.8, 4) is 0 Å². The fourth-order valence-corrected chi connectivity index (χ4v) is 1.71. The van der Waals surface area contributed by atoms with Gasteiger partial charge in [0, 0.05) is 6.61 Å². The molecule has 0 saturated carbocycles. The van der Waals surface area contributed by atoms with Crippen molar-refractivity contribution < 1.29 is 14.3 Å². The van der Waals surface area contributed by atoms with Crippen molar-refractivity contribution in [2.24, 2.45) is 11.3 Å². The summed E-state index contributed by atoms with van der Waals surface area (Å²) in [6.07, 6.45) is 4.50. The van der Waals surface area contributed by atoms with Gasteiger partial charge in [-0.05, 0) is 18.8 Å². The second kappa shape index (κ2) is 9.37. The van der Waals surface area contributed by atoms with Crippen LogP contribution < -0.4 is 0 Å². The van der Waals surface area contributed by atoms with Crippen molar-refractivity contribution in [3.05, 3.63) is 0 Å². The number of unbranched alkanes of at least 4 members (excludes halogenated alkanes) is 3. The number of carbonyl (C=O) groups is 1. The summed E-state index contributed by atoms with van der Waals surface area (Å²) in [6, 6.07) is 0. The van der Waals surface area contributed by atoms with E-state index >= 15 is 0 Å². The van der Waals surface area contributed by atoms with E-state index in [-0.39, 0.29) is 17.3 Å². The first kappa shape index (κ1) is 17.4. The van der Waals surface area contributed by atoms with Gasteiger partial charge in [0.15, 0.2) is 0 Å². The molecular formula is C15H30O3. The van der Waals surface area contributed by atoms with Crippen molar-refractivity contribution in [2.75, 3.05) is 19.8 Å². The van der Waals surface area contributed by atoms with E-state index in [0.717, 1.165) is 12.8 Å². The molecule has 0 spiro atoms. The van der Waals surface area contributed by atoms with Gasteiger partial charge >= 0.3 is 5.97 Å². The molecule has 0 aliphatic rings. The predicted molar refractivity (Wildman–Crippen MR) is 74.5 cm³/mol. The minimum absolute atomic E-state index is 0.115. The Hall–Kier alpha value is -0.570. The maximum absolute atomic E-state index is 12.0. The first-order valence-corrected chi connectivity index (χ1v) is 7.17. The van der Waals surface area contributed by atoms with Crippen molar-refractivity contribution in [1.82, 2.24) is 0 Å². The van der Waals surface area contributed by atoms with Crippen molar-refractivity contribution in [2.45, 2.75) is 60.3 Å². The molecule has 1 unspecified atom stereocenters. The molecule has 0 N–H and O–H groups in total. The zero-order chi connectivity index (χ0) is 14.0. The molecule has 0 aromatic heterocycles. The van der Waals surface area contributed by atoms with Crippen LogP contribution >= 0.6 is 0 Å². The maximum Gasteiger partial charge on any atom is 0.311 e. The highest BCUT2D eigenvalue weighted by Crippen LogP contribution is 2.27. The summed E-state index contributed by atoms with van der Waals surface area (Å²) in [5.41, 5.74) is -0.115. The molecule has 0 aliphatic carbocycles. The topological polar surface area (TPSA) is 35.5 Å². The molecule has 1 atom stereocenters. The third-order valence-corrected chi connectivity index (χ3v) is 3.06. The molecule has 108 valence electrons. The van der Waals surface area contributed by atoms with Crippen molar-refractivity contribution >= 4 is 5.97 Å². The molecule has 0 rings (SSSR count). The van der Waals surface area contributed by atoms with Crippen LogP contribution in [0.2, 0.25) is 0 Å². The summed E-state index contributed by atoms with van der Waals surface area (Å²) in [4.78, 5) is 12.0. The standard InChI is InChI=1S/C15H30O3/c1-6-8-9-10-11-18-14(16)13(12-17-7-2)15(3,4)5/h13H,6-12H2,1-5H3. The minimum atomic E-state index is -0.177.